The van der Waals surface area contributed by atoms with Crippen molar-refractivity contribution in [3.05, 3.63) is 0 Å². The van der Waals surface area contributed by atoms with Crippen molar-refractivity contribution in [3.8, 4) is 6.07 Å². The standard InChI is InChI=1S/C9H13NO/c1-9(2)7(5-10)3-4-8(9)6-11/h6-8H,3-4H2,1-2H3. The van der Waals surface area contributed by atoms with Crippen LogP contribution in [0.5, 0.6) is 0 Å². The lowest BCUT2D eigenvalue weighted by Gasteiger charge is -2.25. The highest BCUT2D eigenvalue weighted by Gasteiger charge is 2.42. The summed E-state index contributed by atoms with van der Waals surface area (Å²) in [6, 6.07) is 2.26. The Morgan fingerprint density at radius 2 is 2.18 bits per heavy atom. The number of nitriles is 1. The normalized spacial score (nSPS) is 34.6. The molecule has 1 aliphatic rings. The van der Waals surface area contributed by atoms with Gasteiger partial charge in [0.1, 0.15) is 6.29 Å². The van der Waals surface area contributed by atoms with E-state index >= 15 is 0 Å². The minimum Gasteiger partial charge on any atom is -0.303 e. The molecule has 2 heteroatoms. The second kappa shape index (κ2) is 2.65. The molecule has 0 aromatic carbocycles. The van der Waals surface area contributed by atoms with Gasteiger partial charge in [0.2, 0.25) is 0 Å². The van der Waals surface area contributed by atoms with Gasteiger partial charge in [-0.15, -0.1) is 0 Å². The predicted octanol–water partition coefficient (Wildman–Crippen LogP) is 1.76. The van der Waals surface area contributed by atoms with E-state index in [-0.39, 0.29) is 17.3 Å². The molecule has 2 unspecified atom stereocenters. The van der Waals surface area contributed by atoms with Crippen LogP contribution in [0.15, 0.2) is 0 Å². The molecule has 1 aliphatic carbocycles. The van der Waals surface area contributed by atoms with Crippen molar-refractivity contribution >= 4 is 6.29 Å². The van der Waals surface area contributed by atoms with Crippen LogP contribution in [0, 0.1) is 28.6 Å². The largest absolute Gasteiger partial charge is 0.303 e. The molecule has 2 atom stereocenters. The quantitative estimate of drug-likeness (QED) is 0.536. The van der Waals surface area contributed by atoms with E-state index in [0.29, 0.717) is 0 Å². The fraction of sp³-hybridized carbons (Fsp3) is 0.778. The van der Waals surface area contributed by atoms with Crippen LogP contribution >= 0.6 is 0 Å². The molecule has 0 saturated heterocycles. The summed E-state index contributed by atoms with van der Waals surface area (Å²) in [5, 5.41) is 8.75. The summed E-state index contributed by atoms with van der Waals surface area (Å²) in [4.78, 5) is 10.6. The molecule has 0 amide bonds. The van der Waals surface area contributed by atoms with Crippen molar-refractivity contribution in [2.45, 2.75) is 26.7 Å². The first-order chi connectivity index (χ1) is 5.12. The smallest absolute Gasteiger partial charge is 0.123 e. The van der Waals surface area contributed by atoms with Crippen LogP contribution in [0.2, 0.25) is 0 Å². The van der Waals surface area contributed by atoms with Crippen molar-refractivity contribution in [2.24, 2.45) is 17.3 Å². The maximum Gasteiger partial charge on any atom is 0.123 e. The lowest BCUT2D eigenvalue weighted by Crippen LogP contribution is -2.24. The zero-order chi connectivity index (χ0) is 8.48. The maximum absolute atomic E-state index is 10.6. The highest BCUT2D eigenvalue weighted by Crippen LogP contribution is 2.45. The van der Waals surface area contributed by atoms with Gasteiger partial charge in [0.25, 0.3) is 0 Å². The lowest BCUT2D eigenvalue weighted by atomic mass is 9.77. The van der Waals surface area contributed by atoms with Gasteiger partial charge >= 0.3 is 0 Å². The molecule has 0 radical (unpaired) electrons. The average molecular weight is 151 g/mol. The van der Waals surface area contributed by atoms with Crippen molar-refractivity contribution in [1.82, 2.24) is 0 Å². The minimum absolute atomic E-state index is 0.0673. The molecular weight excluding hydrogens is 138 g/mol. The van der Waals surface area contributed by atoms with Crippen LogP contribution < -0.4 is 0 Å². The van der Waals surface area contributed by atoms with Gasteiger partial charge in [-0.25, -0.2) is 0 Å². The van der Waals surface area contributed by atoms with Crippen LogP contribution in [0.3, 0.4) is 0 Å². The third kappa shape index (κ3) is 1.16. The van der Waals surface area contributed by atoms with Crippen LogP contribution in [-0.4, -0.2) is 6.29 Å². The molecule has 0 aliphatic heterocycles. The highest BCUT2D eigenvalue weighted by atomic mass is 16.1. The fourth-order valence-electron chi connectivity index (χ4n) is 1.82. The molecular formula is C9H13NO. The Hall–Kier alpha value is -0.840. The number of carbonyl (C=O) groups excluding carboxylic acids is 1. The molecule has 0 N–H and O–H groups in total. The van der Waals surface area contributed by atoms with Crippen LogP contribution in [0.25, 0.3) is 0 Å². The van der Waals surface area contributed by atoms with Gasteiger partial charge in [-0.05, 0) is 18.3 Å². The van der Waals surface area contributed by atoms with E-state index in [9.17, 15) is 4.79 Å². The van der Waals surface area contributed by atoms with Gasteiger partial charge in [-0.2, -0.15) is 5.26 Å². The number of hydrogen-bond donors (Lipinski definition) is 0. The fourth-order valence-corrected chi connectivity index (χ4v) is 1.82. The molecule has 1 rings (SSSR count). The number of rotatable bonds is 1. The Balaban J connectivity index is 2.81. The molecule has 11 heavy (non-hydrogen) atoms. The van der Waals surface area contributed by atoms with Crippen LogP contribution in [-0.2, 0) is 4.79 Å². The van der Waals surface area contributed by atoms with Gasteiger partial charge in [0.05, 0.1) is 12.0 Å². The summed E-state index contributed by atoms with van der Waals surface area (Å²) in [5.74, 6) is 0.157. The molecule has 1 saturated carbocycles. The highest BCUT2D eigenvalue weighted by molar-refractivity contribution is 5.56. The summed E-state index contributed by atoms with van der Waals surface area (Å²) in [7, 11) is 0. The number of hydrogen-bond acceptors (Lipinski definition) is 2. The molecule has 0 spiro atoms. The lowest BCUT2D eigenvalue weighted by molar-refractivity contribution is -0.113. The number of nitrogens with zero attached hydrogens (tertiary/aromatic N) is 1. The Bertz CT molecular complexity index is 202. The summed E-state index contributed by atoms with van der Waals surface area (Å²) in [6.07, 6.45) is 2.76. The first kappa shape index (κ1) is 8.26. The van der Waals surface area contributed by atoms with Gasteiger partial charge in [0, 0.05) is 5.92 Å². The first-order valence-corrected chi connectivity index (χ1v) is 3.98. The van der Waals surface area contributed by atoms with Crippen molar-refractivity contribution in [2.75, 3.05) is 0 Å². The van der Waals surface area contributed by atoms with Crippen LogP contribution in [0.4, 0.5) is 0 Å². The third-order valence-corrected chi connectivity index (χ3v) is 2.94. The Morgan fingerprint density at radius 3 is 2.45 bits per heavy atom. The molecule has 0 heterocycles. The van der Waals surface area contributed by atoms with E-state index in [0.717, 1.165) is 19.1 Å². The molecule has 1 fully saturated rings. The monoisotopic (exact) mass is 151 g/mol. The predicted molar refractivity (Wildman–Crippen MR) is 41.7 cm³/mol. The SMILES string of the molecule is CC1(C)C(C#N)CCC1C=O. The molecule has 2 nitrogen and oxygen atoms in total. The number of aldehydes is 1. The van der Waals surface area contributed by atoms with E-state index < -0.39 is 0 Å². The summed E-state index contributed by atoms with van der Waals surface area (Å²) in [6.45, 7) is 4.01. The number of carbonyl (C=O) groups is 1. The van der Waals surface area contributed by atoms with Gasteiger partial charge < -0.3 is 4.79 Å². The van der Waals surface area contributed by atoms with Crippen LogP contribution in [0.1, 0.15) is 26.7 Å². The maximum atomic E-state index is 10.6. The zero-order valence-electron chi connectivity index (χ0n) is 7.00. The summed E-state index contributed by atoms with van der Waals surface area (Å²) in [5.41, 5.74) is -0.101. The van der Waals surface area contributed by atoms with E-state index in [1.54, 1.807) is 0 Å². The van der Waals surface area contributed by atoms with Gasteiger partial charge in [0.15, 0.2) is 0 Å². The van der Waals surface area contributed by atoms with Crippen molar-refractivity contribution < 1.29 is 4.79 Å². The Labute approximate surface area is 67.2 Å². The third-order valence-electron chi connectivity index (χ3n) is 2.94. The molecule has 0 aromatic heterocycles. The first-order valence-electron chi connectivity index (χ1n) is 3.98. The Kier molecular flexibility index (Phi) is 1.99. The molecule has 0 aromatic rings. The van der Waals surface area contributed by atoms with E-state index in [4.69, 9.17) is 5.26 Å². The summed E-state index contributed by atoms with van der Waals surface area (Å²) >= 11 is 0. The minimum atomic E-state index is -0.101. The second-order valence-electron chi connectivity index (χ2n) is 3.82. The average Bonchev–Trinajstić information content (AvgIpc) is 2.24. The zero-order valence-corrected chi connectivity index (χ0v) is 7.00. The molecule has 0 bridgehead atoms. The summed E-state index contributed by atoms with van der Waals surface area (Å²) < 4.78 is 0. The van der Waals surface area contributed by atoms with Crippen molar-refractivity contribution in [3.63, 3.8) is 0 Å². The van der Waals surface area contributed by atoms with E-state index in [1.807, 2.05) is 13.8 Å². The topological polar surface area (TPSA) is 40.9 Å². The van der Waals surface area contributed by atoms with Gasteiger partial charge in [-0.1, -0.05) is 13.8 Å². The Morgan fingerprint density at radius 1 is 1.55 bits per heavy atom. The van der Waals surface area contributed by atoms with E-state index in [1.165, 1.54) is 0 Å². The van der Waals surface area contributed by atoms with E-state index in [2.05, 4.69) is 6.07 Å². The van der Waals surface area contributed by atoms with Crippen molar-refractivity contribution in [1.29, 1.82) is 5.26 Å². The van der Waals surface area contributed by atoms with Gasteiger partial charge in [-0.3, -0.25) is 0 Å². The second-order valence-corrected chi connectivity index (χ2v) is 3.82. The molecule has 60 valence electrons.